The van der Waals surface area contributed by atoms with Crippen LogP contribution in [0.2, 0.25) is 0 Å². The van der Waals surface area contributed by atoms with Gasteiger partial charge in [-0.3, -0.25) is 14.9 Å². The highest BCUT2D eigenvalue weighted by Crippen LogP contribution is 2.29. The van der Waals surface area contributed by atoms with Crippen molar-refractivity contribution in [3.05, 3.63) is 78.4 Å². The summed E-state index contributed by atoms with van der Waals surface area (Å²) in [6.07, 6.45) is 3.51. The molecule has 0 saturated carbocycles. The second kappa shape index (κ2) is 7.11. The summed E-state index contributed by atoms with van der Waals surface area (Å²) in [6.45, 7) is 2.00. The quantitative estimate of drug-likeness (QED) is 0.473. The third-order valence-electron chi connectivity index (χ3n) is 5.50. The Hall–Kier alpha value is -4.00. The number of benzene rings is 2. The van der Waals surface area contributed by atoms with Gasteiger partial charge in [0, 0.05) is 30.4 Å². The molecule has 0 saturated heterocycles. The number of amides is 1. The fourth-order valence-corrected chi connectivity index (χ4v) is 3.65. The molecule has 0 aliphatic heterocycles. The Balaban J connectivity index is 1.51. The summed E-state index contributed by atoms with van der Waals surface area (Å²) in [5, 5.41) is 7.36. The molecule has 0 aliphatic carbocycles. The van der Waals surface area contributed by atoms with Gasteiger partial charge in [0.1, 0.15) is 0 Å². The molecule has 2 N–H and O–H groups in total. The molecule has 1 unspecified atom stereocenters. The minimum absolute atomic E-state index is 0.0807. The lowest BCUT2D eigenvalue weighted by molar-refractivity contribution is 0.0732. The van der Waals surface area contributed by atoms with E-state index in [0.29, 0.717) is 11.0 Å². The molecule has 7 heteroatoms. The number of hydrogen-bond donors (Lipinski definition) is 2. The molecule has 0 fully saturated rings. The standard InChI is InChI=1S/C23H20N6O/c1-14(15-6-4-3-5-7-15)29(2)23(30)22-25-19-12-17-18(13-20(19)26-22)27-28-21(17)16-8-10-24-11-9-16/h3-14,27-28H,1-2H3. The van der Waals surface area contributed by atoms with Crippen LogP contribution in [0.25, 0.3) is 33.2 Å². The number of rotatable bonds is 4. The van der Waals surface area contributed by atoms with Crippen LogP contribution in [0.5, 0.6) is 0 Å². The molecule has 0 radical (unpaired) electrons. The van der Waals surface area contributed by atoms with E-state index >= 15 is 0 Å². The first kappa shape index (κ1) is 18.1. The number of hydrogen-bond acceptors (Lipinski definition) is 4. The number of fused-ring (bicyclic) bond motifs is 2. The van der Waals surface area contributed by atoms with Gasteiger partial charge in [-0.05, 0) is 36.8 Å². The molecule has 3 aromatic heterocycles. The van der Waals surface area contributed by atoms with Crippen molar-refractivity contribution < 1.29 is 4.79 Å². The van der Waals surface area contributed by atoms with Crippen molar-refractivity contribution in [1.29, 1.82) is 0 Å². The van der Waals surface area contributed by atoms with Gasteiger partial charge < -0.3 is 10.00 Å². The third kappa shape index (κ3) is 3.00. The topological polar surface area (TPSA) is 90.6 Å². The van der Waals surface area contributed by atoms with E-state index in [2.05, 4.69) is 25.1 Å². The summed E-state index contributed by atoms with van der Waals surface area (Å²) in [5.74, 6) is 0.00417. The van der Waals surface area contributed by atoms with E-state index in [-0.39, 0.29) is 17.8 Å². The van der Waals surface area contributed by atoms with Crippen LogP contribution in [0.3, 0.4) is 0 Å². The highest BCUT2D eigenvalue weighted by Gasteiger charge is 2.23. The van der Waals surface area contributed by atoms with E-state index in [9.17, 15) is 4.79 Å². The van der Waals surface area contributed by atoms with Crippen molar-refractivity contribution in [1.82, 2.24) is 30.0 Å². The number of pyridine rings is 1. The lowest BCUT2D eigenvalue weighted by Gasteiger charge is -2.24. The molecule has 3 heterocycles. The van der Waals surface area contributed by atoms with E-state index in [0.717, 1.165) is 27.7 Å². The maximum Gasteiger partial charge on any atom is 0.291 e. The number of nitrogens with one attached hydrogen (secondary N) is 2. The predicted octanol–water partition coefficient (Wildman–Crippen LogP) is 4.33. The molecule has 2 aromatic carbocycles. The molecular weight excluding hydrogens is 376 g/mol. The summed E-state index contributed by atoms with van der Waals surface area (Å²) in [5.41, 5.74) is 5.30. The maximum atomic E-state index is 13.0. The van der Waals surface area contributed by atoms with Gasteiger partial charge in [0.15, 0.2) is 0 Å². The summed E-state index contributed by atoms with van der Waals surface area (Å²) < 4.78 is 0. The first-order chi connectivity index (χ1) is 14.6. The van der Waals surface area contributed by atoms with Gasteiger partial charge in [-0.2, -0.15) is 0 Å². The van der Waals surface area contributed by atoms with Crippen molar-refractivity contribution in [2.45, 2.75) is 13.0 Å². The van der Waals surface area contributed by atoms with Gasteiger partial charge in [0.2, 0.25) is 5.82 Å². The van der Waals surface area contributed by atoms with Gasteiger partial charge in [0.25, 0.3) is 5.91 Å². The summed E-state index contributed by atoms with van der Waals surface area (Å²) in [6, 6.07) is 17.6. The second-order valence-corrected chi connectivity index (χ2v) is 7.30. The average molecular weight is 396 g/mol. The van der Waals surface area contributed by atoms with Crippen LogP contribution < -0.4 is 0 Å². The zero-order valence-electron chi connectivity index (χ0n) is 16.6. The van der Waals surface area contributed by atoms with E-state index in [4.69, 9.17) is 0 Å². The largest absolute Gasteiger partial charge is 0.332 e. The average Bonchev–Trinajstić information content (AvgIpc) is 3.40. The van der Waals surface area contributed by atoms with E-state index < -0.39 is 0 Å². The number of aromatic amines is 2. The van der Waals surface area contributed by atoms with Crippen molar-refractivity contribution in [2.75, 3.05) is 7.05 Å². The van der Waals surface area contributed by atoms with E-state index in [1.165, 1.54) is 0 Å². The van der Waals surface area contributed by atoms with Crippen molar-refractivity contribution >= 4 is 27.8 Å². The van der Waals surface area contributed by atoms with Crippen LogP contribution in [0.1, 0.15) is 29.1 Å². The summed E-state index contributed by atoms with van der Waals surface area (Å²) >= 11 is 0. The molecule has 7 nitrogen and oxygen atoms in total. The molecule has 148 valence electrons. The number of H-pyrrole nitrogens is 2. The summed E-state index contributed by atoms with van der Waals surface area (Å²) in [7, 11) is 1.78. The number of carbonyl (C=O) groups is 1. The molecule has 0 spiro atoms. The zero-order valence-corrected chi connectivity index (χ0v) is 16.6. The Morgan fingerprint density at radius 2 is 1.67 bits per heavy atom. The smallest absolute Gasteiger partial charge is 0.291 e. The SMILES string of the molecule is CC(c1ccccc1)N(C)C(=O)c1nc2cc3[nH][nH]c(-c4ccncc4)c3cc2n1. The second-order valence-electron chi connectivity index (χ2n) is 7.30. The highest BCUT2D eigenvalue weighted by atomic mass is 16.2. The van der Waals surface area contributed by atoms with Crippen LogP contribution >= 0.6 is 0 Å². The van der Waals surface area contributed by atoms with E-state index in [1.807, 2.05) is 61.5 Å². The van der Waals surface area contributed by atoms with Crippen LogP contribution in [-0.4, -0.2) is 43.0 Å². The monoisotopic (exact) mass is 396 g/mol. The normalized spacial score (nSPS) is 12.3. The first-order valence-corrected chi connectivity index (χ1v) is 9.72. The first-order valence-electron chi connectivity index (χ1n) is 9.72. The Labute approximate surface area is 172 Å². The number of carbonyl (C=O) groups excluding carboxylic acids is 1. The van der Waals surface area contributed by atoms with Crippen molar-refractivity contribution in [3.8, 4) is 11.3 Å². The number of aromatic nitrogens is 5. The predicted molar refractivity (Wildman–Crippen MR) is 116 cm³/mol. The molecule has 5 rings (SSSR count). The van der Waals surface area contributed by atoms with Crippen LogP contribution in [-0.2, 0) is 0 Å². The fourth-order valence-electron chi connectivity index (χ4n) is 3.65. The molecule has 5 aromatic rings. The van der Waals surface area contributed by atoms with Crippen molar-refractivity contribution in [3.63, 3.8) is 0 Å². The zero-order chi connectivity index (χ0) is 20.7. The molecular formula is C23H20N6O. The number of nitrogens with zero attached hydrogens (tertiary/aromatic N) is 4. The van der Waals surface area contributed by atoms with Gasteiger partial charge >= 0.3 is 0 Å². The maximum absolute atomic E-state index is 13.0. The molecule has 0 bridgehead atoms. The Bertz CT molecular complexity index is 1340. The number of imidazole rings is 1. The van der Waals surface area contributed by atoms with E-state index in [1.54, 1.807) is 24.3 Å². The van der Waals surface area contributed by atoms with Gasteiger partial charge in [0.05, 0.1) is 28.3 Å². The lowest BCUT2D eigenvalue weighted by Crippen LogP contribution is -2.30. The van der Waals surface area contributed by atoms with Crippen LogP contribution in [0, 0.1) is 0 Å². The Morgan fingerprint density at radius 3 is 2.40 bits per heavy atom. The Morgan fingerprint density at radius 1 is 0.967 bits per heavy atom. The van der Waals surface area contributed by atoms with Crippen LogP contribution in [0.4, 0.5) is 0 Å². The molecule has 0 aliphatic rings. The highest BCUT2D eigenvalue weighted by molar-refractivity contribution is 6.02. The Kier molecular flexibility index (Phi) is 4.28. The minimum Gasteiger partial charge on any atom is -0.332 e. The van der Waals surface area contributed by atoms with Crippen LogP contribution in [0.15, 0.2) is 67.0 Å². The lowest BCUT2D eigenvalue weighted by atomic mass is 10.1. The fraction of sp³-hybridized carbons (Fsp3) is 0.130. The van der Waals surface area contributed by atoms with Gasteiger partial charge in [-0.15, -0.1) is 0 Å². The molecule has 1 atom stereocenters. The van der Waals surface area contributed by atoms with Crippen molar-refractivity contribution in [2.24, 2.45) is 0 Å². The molecule has 30 heavy (non-hydrogen) atoms. The summed E-state index contributed by atoms with van der Waals surface area (Å²) in [4.78, 5) is 27.8. The molecule has 1 amide bonds. The van der Waals surface area contributed by atoms with Gasteiger partial charge in [-0.25, -0.2) is 9.97 Å². The minimum atomic E-state index is -0.202. The third-order valence-corrected chi connectivity index (χ3v) is 5.50. The van der Waals surface area contributed by atoms with Gasteiger partial charge in [-0.1, -0.05) is 30.3 Å².